The van der Waals surface area contributed by atoms with Crippen molar-refractivity contribution in [1.82, 2.24) is 15.5 Å². The van der Waals surface area contributed by atoms with Gasteiger partial charge in [0.1, 0.15) is 5.75 Å². The van der Waals surface area contributed by atoms with Gasteiger partial charge in [0, 0.05) is 31.7 Å². The van der Waals surface area contributed by atoms with Gasteiger partial charge in [-0.05, 0) is 33.0 Å². The minimum Gasteiger partial charge on any atom is -0.494 e. The number of para-hydroxylation sites is 1. The third-order valence-electron chi connectivity index (χ3n) is 3.94. The van der Waals surface area contributed by atoms with Gasteiger partial charge in [-0.25, -0.2) is 0 Å². The predicted molar refractivity (Wildman–Crippen MR) is 114 cm³/mol. The van der Waals surface area contributed by atoms with Crippen LogP contribution in [0.4, 0.5) is 0 Å². The Morgan fingerprint density at radius 1 is 1.17 bits per heavy atom. The first kappa shape index (κ1) is 23.0. The molecular weight excluding hydrogens is 415 g/mol. The van der Waals surface area contributed by atoms with Gasteiger partial charge >= 0.3 is 0 Å². The molecule has 6 heteroatoms. The van der Waals surface area contributed by atoms with Crippen molar-refractivity contribution in [3.8, 4) is 5.75 Å². The first-order valence-electron chi connectivity index (χ1n) is 8.55. The summed E-state index contributed by atoms with van der Waals surface area (Å²) in [5.41, 5.74) is 1.13. The highest BCUT2D eigenvalue weighted by molar-refractivity contribution is 14.0. The maximum atomic E-state index is 5.65. The molecule has 0 spiro atoms. The standard InChI is InChI=1S/C18H32N4O.HI/c1-6-22(7-2)15(4)13-20-18(19-5)21-14-16-11-9-10-12-17(16)23-8-3;/h9-12,15H,6-8,13-14H2,1-5H3,(H2,19,20,21);1H. The number of ether oxygens (including phenoxy) is 1. The first-order valence-corrected chi connectivity index (χ1v) is 8.55. The Hall–Kier alpha value is -1.02. The number of likely N-dealkylation sites (N-methyl/N-ethyl adjacent to an activating group) is 1. The first-order chi connectivity index (χ1) is 11.2. The molecule has 1 unspecified atom stereocenters. The average Bonchev–Trinajstić information content (AvgIpc) is 2.57. The maximum Gasteiger partial charge on any atom is 0.191 e. The molecule has 0 heterocycles. The van der Waals surface area contributed by atoms with E-state index in [0.717, 1.165) is 36.9 Å². The highest BCUT2D eigenvalue weighted by atomic mass is 127. The molecule has 0 aliphatic carbocycles. The molecule has 0 bridgehead atoms. The molecule has 0 aromatic heterocycles. The Morgan fingerprint density at radius 3 is 2.42 bits per heavy atom. The van der Waals surface area contributed by atoms with Crippen molar-refractivity contribution in [3.63, 3.8) is 0 Å². The third kappa shape index (κ3) is 7.70. The number of benzene rings is 1. The van der Waals surface area contributed by atoms with E-state index in [2.05, 4.69) is 47.4 Å². The Labute approximate surface area is 164 Å². The molecule has 0 fully saturated rings. The molecule has 0 aliphatic heterocycles. The van der Waals surface area contributed by atoms with Gasteiger partial charge < -0.3 is 15.4 Å². The van der Waals surface area contributed by atoms with Crippen LogP contribution >= 0.6 is 24.0 Å². The summed E-state index contributed by atoms with van der Waals surface area (Å²) in [5, 5.41) is 6.75. The summed E-state index contributed by atoms with van der Waals surface area (Å²) in [6.45, 7) is 13.0. The molecular formula is C18H33IN4O. The topological polar surface area (TPSA) is 48.9 Å². The van der Waals surface area contributed by atoms with Crippen LogP contribution in [0, 0.1) is 0 Å². The largest absolute Gasteiger partial charge is 0.494 e. The predicted octanol–water partition coefficient (Wildman–Crippen LogP) is 3.10. The summed E-state index contributed by atoms with van der Waals surface area (Å²) in [7, 11) is 1.80. The quantitative estimate of drug-likeness (QED) is 0.346. The fourth-order valence-corrected chi connectivity index (χ4v) is 2.57. The summed E-state index contributed by atoms with van der Waals surface area (Å²) in [6.07, 6.45) is 0. The van der Waals surface area contributed by atoms with Crippen molar-refractivity contribution in [2.24, 2.45) is 4.99 Å². The smallest absolute Gasteiger partial charge is 0.191 e. The van der Waals surface area contributed by atoms with Gasteiger partial charge in [0.25, 0.3) is 0 Å². The van der Waals surface area contributed by atoms with Crippen LogP contribution in [0.5, 0.6) is 5.75 Å². The van der Waals surface area contributed by atoms with Crippen LogP contribution in [-0.4, -0.2) is 50.2 Å². The van der Waals surface area contributed by atoms with Crippen molar-refractivity contribution in [2.45, 2.75) is 40.3 Å². The Bertz CT molecular complexity index is 478. The zero-order valence-corrected chi connectivity index (χ0v) is 18.0. The van der Waals surface area contributed by atoms with E-state index in [4.69, 9.17) is 4.74 Å². The van der Waals surface area contributed by atoms with Crippen LogP contribution in [0.15, 0.2) is 29.3 Å². The van der Waals surface area contributed by atoms with E-state index in [0.29, 0.717) is 19.2 Å². The molecule has 0 saturated carbocycles. The zero-order chi connectivity index (χ0) is 17.1. The molecule has 1 aromatic carbocycles. The molecule has 2 N–H and O–H groups in total. The number of rotatable bonds is 9. The van der Waals surface area contributed by atoms with Crippen LogP contribution in [0.1, 0.15) is 33.3 Å². The maximum absolute atomic E-state index is 5.65. The second-order valence-electron chi connectivity index (χ2n) is 5.42. The lowest BCUT2D eigenvalue weighted by molar-refractivity contribution is 0.231. The Balaban J connectivity index is 0.00000529. The number of nitrogens with zero attached hydrogens (tertiary/aromatic N) is 2. The summed E-state index contributed by atoms with van der Waals surface area (Å²) in [5.74, 6) is 1.74. The monoisotopic (exact) mass is 448 g/mol. The van der Waals surface area contributed by atoms with Gasteiger partial charge in [-0.2, -0.15) is 0 Å². The van der Waals surface area contributed by atoms with Crippen LogP contribution < -0.4 is 15.4 Å². The average molecular weight is 448 g/mol. The van der Waals surface area contributed by atoms with E-state index in [-0.39, 0.29) is 24.0 Å². The lowest BCUT2D eigenvalue weighted by Crippen LogP contribution is -2.45. The Morgan fingerprint density at radius 2 is 1.83 bits per heavy atom. The van der Waals surface area contributed by atoms with Gasteiger partial charge in [0.15, 0.2) is 5.96 Å². The number of hydrogen-bond acceptors (Lipinski definition) is 3. The van der Waals surface area contributed by atoms with Crippen LogP contribution in [0.25, 0.3) is 0 Å². The Kier molecular flexibility index (Phi) is 12.7. The molecule has 0 amide bonds. The second-order valence-corrected chi connectivity index (χ2v) is 5.42. The van der Waals surface area contributed by atoms with Crippen LogP contribution in [0.2, 0.25) is 0 Å². The molecule has 0 saturated heterocycles. The van der Waals surface area contributed by atoms with Gasteiger partial charge in [0.2, 0.25) is 0 Å². The van der Waals surface area contributed by atoms with E-state index in [1.54, 1.807) is 7.05 Å². The minimum atomic E-state index is 0. The lowest BCUT2D eigenvalue weighted by Gasteiger charge is -2.27. The van der Waals surface area contributed by atoms with Gasteiger partial charge in [0.05, 0.1) is 6.61 Å². The fraction of sp³-hybridized carbons (Fsp3) is 0.611. The number of guanidine groups is 1. The molecule has 0 aliphatic rings. The van der Waals surface area contributed by atoms with E-state index >= 15 is 0 Å². The zero-order valence-electron chi connectivity index (χ0n) is 15.6. The van der Waals surface area contributed by atoms with Gasteiger partial charge in [-0.15, -0.1) is 24.0 Å². The van der Waals surface area contributed by atoms with E-state index in [1.165, 1.54) is 0 Å². The van der Waals surface area contributed by atoms with Gasteiger partial charge in [-0.1, -0.05) is 32.0 Å². The summed E-state index contributed by atoms with van der Waals surface area (Å²) < 4.78 is 5.65. The summed E-state index contributed by atoms with van der Waals surface area (Å²) in [6, 6.07) is 8.56. The van der Waals surface area contributed by atoms with E-state index in [1.807, 2.05) is 25.1 Å². The lowest BCUT2D eigenvalue weighted by atomic mass is 10.2. The highest BCUT2D eigenvalue weighted by Gasteiger charge is 2.10. The molecule has 5 nitrogen and oxygen atoms in total. The van der Waals surface area contributed by atoms with Crippen molar-refractivity contribution in [1.29, 1.82) is 0 Å². The van der Waals surface area contributed by atoms with Crippen molar-refractivity contribution in [2.75, 3.05) is 33.3 Å². The molecule has 0 radical (unpaired) electrons. The van der Waals surface area contributed by atoms with E-state index < -0.39 is 0 Å². The molecule has 138 valence electrons. The number of nitrogens with one attached hydrogen (secondary N) is 2. The van der Waals surface area contributed by atoms with Crippen molar-refractivity contribution in [3.05, 3.63) is 29.8 Å². The number of hydrogen-bond donors (Lipinski definition) is 2. The van der Waals surface area contributed by atoms with Crippen molar-refractivity contribution < 1.29 is 4.74 Å². The van der Waals surface area contributed by atoms with Crippen LogP contribution in [-0.2, 0) is 6.54 Å². The minimum absolute atomic E-state index is 0. The van der Waals surface area contributed by atoms with E-state index in [9.17, 15) is 0 Å². The highest BCUT2D eigenvalue weighted by Crippen LogP contribution is 2.17. The van der Waals surface area contributed by atoms with Crippen molar-refractivity contribution >= 4 is 29.9 Å². The summed E-state index contributed by atoms with van der Waals surface area (Å²) in [4.78, 5) is 6.72. The molecule has 24 heavy (non-hydrogen) atoms. The summed E-state index contributed by atoms with van der Waals surface area (Å²) >= 11 is 0. The third-order valence-corrected chi connectivity index (χ3v) is 3.94. The SMILES string of the molecule is CCOc1ccccc1CNC(=NC)NCC(C)N(CC)CC.I. The molecule has 1 atom stereocenters. The normalized spacial score (nSPS) is 12.5. The van der Waals surface area contributed by atoms with Crippen LogP contribution in [0.3, 0.4) is 0 Å². The fourth-order valence-electron chi connectivity index (χ4n) is 2.57. The van der Waals surface area contributed by atoms with Gasteiger partial charge in [-0.3, -0.25) is 9.89 Å². The second kappa shape index (κ2) is 13.3. The molecule has 1 rings (SSSR count). The molecule has 1 aromatic rings. The number of aliphatic imine (C=N–C) groups is 1. The number of halogens is 1.